The summed E-state index contributed by atoms with van der Waals surface area (Å²) in [6.45, 7) is 10.0. The molecular formula is C22H26Cl2FN5OS. The molecule has 172 valence electrons. The number of halogens is 3. The first-order valence-electron chi connectivity index (χ1n) is 10.6. The van der Waals surface area contributed by atoms with Crippen LogP contribution in [0.2, 0.25) is 10.0 Å². The number of aliphatic imine (C=N–C) groups is 2. The minimum atomic E-state index is -1.00. The molecule has 10 heteroatoms. The standard InChI is InChI=1S/C22H26Cl2FN5OS/c1-12-8-17(23)16(15-4-6-30(10-18(15)25)14-5-7-31-11-14)9-19(12)27-22(26-3)28-21-20(24)13(2)29-32-21/h8-9,14-15,18H,3-7,10-11H2,1-2H3,(H,27,28)/t14?,15-,18+/m0/s1. The largest absolute Gasteiger partial charge is 0.380 e. The van der Waals surface area contributed by atoms with Crippen LogP contribution >= 0.6 is 34.7 Å². The van der Waals surface area contributed by atoms with Crippen molar-refractivity contribution in [3.8, 4) is 0 Å². The molecule has 6 nitrogen and oxygen atoms in total. The van der Waals surface area contributed by atoms with E-state index in [0.29, 0.717) is 52.3 Å². The third-order valence-electron chi connectivity index (χ3n) is 6.10. The van der Waals surface area contributed by atoms with Gasteiger partial charge >= 0.3 is 0 Å². The smallest absolute Gasteiger partial charge is 0.227 e. The number of hydrogen-bond acceptors (Lipinski definition) is 5. The molecule has 0 radical (unpaired) electrons. The molecule has 0 aliphatic carbocycles. The summed E-state index contributed by atoms with van der Waals surface area (Å²) in [7, 11) is 0. The predicted molar refractivity (Wildman–Crippen MR) is 131 cm³/mol. The molecule has 0 bridgehead atoms. The molecule has 2 saturated heterocycles. The van der Waals surface area contributed by atoms with E-state index in [1.165, 1.54) is 11.5 Å². The van der Waals surface area contributed by atoms with E-state index in [9.17, 15) is 0 Å². The van der Waals surface area contributed by atoms with Crippen LogP contribution in [0.25, 0.3) is 0 Å². The van der Waals surface area contributed by atoms with Gasteiger partial charge in [0.2, 0.25) is 5.96 Å². The zero-order valence-corrected chi connectivity index (χ0v) is 20.4. The zero-order chi connectivity index (χ0) is 22.8. The molecule has 4 rings (SSSR count). The number of anilines is 1. The van der Waals surface area contributed by atoms with Crippen LogP contribution in [-0.4, -0.2) is 60.5 Å². The van der Waals surface area contributed by atoms with Crippen molar-refractivity contribution in [1.29, 1.82) is 0 Å². The van der Waals surface area contributed by atoms with E-state index in [1.54, 1.807) is 0 Å². The molecule has 2 aliphatic heterocycles. The quantitative estimate of drug-likeness (QED) is 0.429. The van der Waals surface area contributed by atoms with Gasteiger partial charge in [0.1, 0.15) is 11.2 Å². The fourth-order valence-electron chi connectivity index (χ4n) is 4.26. The van der Waals surface area contributed by atoms with Gasteiger partial charge in [0.15, 0.2) is 0 Å². The average Bonchev–Trinajstić information content (AvgIpc) is 3.41. The highest BCUT2D eigenvalue weighted by Gasteiger charge is 2.35. The Morgan fingerprint density at radius 3 is 2.78 bits per heavy atom. The zero-order valence-electron chi connectivity index (χ0n) is 18.1. The average molecular weight is 498 g/mol. The summed E-state index contributed by atoms with van der Waals surface area (Å²) in [4.78, 5) is 10.8. The number of benzene rings is 1. The summed E-state index contributed by atoms with van der Waals surface area (Å²) in [5.41, 5.74) is 3.04. The van der Waals surface area contributed by atoms with Crippen LogP contribution in [0.3, 0.4) is 0 Å². The highest BCUT2D eigenvalue weighted by atomic mass is 35.5. The Hall–Kier alpha value is -1.58. The van der Waals surface area contributed by atoms with E-state index in [0.717, 1.165) is 36.4 Å². The lowest BCUT2D eigenvalue weighted by atomic mass is 9.86. The van der Waals surface area contributed by atoms with Crippen LogP contribution in [0.5, 0.6) is 0 Å². The van der Waals surface area contributed by atoms with Crippen molar-refractivity contribution >= 4 is 58.1 Å². The first kappa shape index (κ1) is 23.6. The van der Waals surface area contributed by atoms with Crippen LogP contribution < -0.4 is 5.32 Å². The monoisotopic (exact) mass is 497 g/mol. The molecular weight excluding hydrogens is 472 g/mol. The molecule has 32 heavy (non-hydrogen) atoms. The van der Waals surface area contributed by atoms with Gasteiger partial charge in [0, 0.05) is 30.1 Å². The highest BCUT2D eigenvalue weighted by Crippen LogP contribution is 2.39. The maximum Gasteiger partial charge on any atom is 0.227 e. The molecule has 3 heterocycles. The normalized spacial score (nSPS) is 24.7. The Kier molecular flexibility index (Phi) is 7.47. The number of nitrogens with zero attached hydrogens (tertiary/aromatic N) is 4. The molecule has 2 fully saturated rings. The Labute approximate surface area is 201 Å². The maximum absolute atomic E-state index is 15.3. The van der Waals surface area contributed by atoms with E-state index >= 15 is 4.39 Å². The number of hydrogen-bond donors (Lipinski definition) is 1. The molecule has 1 N–H and O–H groups in total. The van der Waals surface area contributed by atoms with Crippen LogP contribution in [0.4, 0.5) is 15.1 Å². The second-order valence-corrected chi connectivity index (χ2v) is 9.77. The fraction of sp³-hybridized carbons (Fsp3) is 0.500. The van der Waals surface area contributed by atoms with Gasteiger partial charge in [-0.3, -0.25) is 4.90 Å². The van der Waals surface area contributed by atoms with Gasteiger partial charge in [-0.2, -0.15) is 4.37 Å². The van der Waals surface area contributed by atoms with Crippen molar-refractivity contribution < 1.29 is 9.13 Å². The fourth-order valence-corrected chi connectivity index (χ4v) is 5.54. The van der Waals surface area contributed by atoms with Crippen molar-refractivity contribution in [3.63, 3.8) is 0 Å². The topological polar surface area (TPSA) is 62.1 Å². The minimum Gasteiger partial charge on any atom is -0.380 e. The van der Waals surface area contributed by atoms with Gasteiger partial charge in [0.25, 0.3) is 0 Å². The van der Waals surface area contributed by atoms with Crippen LogP contribution in [-0.2, 0) is 4.74 Å². The molecule has 0 amide bonds. The van der Waals surface area contributed by atoms with Crippen molar-refractivity contribution in [1.82, 2.24) is 9.27 Å². The van der Waals surface area contributed by atoms with Gasteiger partial charge in [-0.05, 0) is 74.7 Å². The van der Waals surface area contributed by atoms with Crippen molar-refractivity contribution in [2.24, 2.45) is 9.98 Å². The number of guanidine groups is 1. The number of piperidine rings is 1. The predicted octanol–water partition coefficient (Wildman–Crippen LogP) is 5.78. The van der Waals surface area contributed by atoms with Crippen molar-refractivity contribution in [2.75, 3.05) is 31.6 Å². The van der Waals surface area contributed by atoms with E-state index in [2.05, 4.69) is 31.3 Å². The Morgan fingerprint density at radius 2 is 2.16 bits per heavy atom. The maximum atomic E-state index is 15.3. The number of alkyl halides is 1. The van der Waals surface area contributed by atoms with Crippen LogP contribution in [0.15, 0.2) is 22.1 Å². The van der Waals surface area contributed by atoms with Gasteiger partial charge in [-0.25, -0.2) is 14.4 Å². The number of ether oxygens (including phenoxy) is 1. The van der Waals surface area contributed by atoms with Crippen LogP contribution in [0, 0.1) is 13.8 Å². The Bertz CT molecular complexity index is 1020. The summed E-state index contributed by atoms with van der Waals surface area (Å²) in [5.74, 6) is 0.0158. The van der Waals surface area contributed by atoms with E-state index < -0.39 is 6.17 Å². The second-order valence-electron chi connectivity index (χ2n) is 8.21. The van der Waals surface area contributed by atoms with E-state index in [4.69, 9.17) is 27.9 Å². The molecule has 1 unspecified atom stereocenters. The molecule has 0 saturated carbocycles. The number of rotatable bonds is 4. The van der Waals surface area contributed by atoms with Crippen molar-refractivity contribution in [3.05, 3.63) is 39.0 Å². The third kappa shape index (κ3) is 4.99. The van der Waals surface area contributed by atoms with Gasteiger partial charge in [0.05, 0.1) is 23.0 Å². The molecule has 2 aliphatic rings. The molecule has 1 aromatic heterocycles. The first-order valence-corrected chi connectivity index (χ1v) is 12.1. The van der Waals surface area contributed by atoms with E-state index in [1.807, 2.05) is 26.0 Å². The number of aryl methyl sites for hydroxylation is 2. The highest BCUT2D eigenvalue weighted by molar-refractivity contribution is 7.11. The van der Waals surface area contributed by atoms with Crippen molar-refractivity contribution in [2.45, 2.75) is 44.8 Å². The summed E-state index contributed by atoms with van der Waals surface area (Å²) in [6.07, 6.45) is 0.662. The molecule has 1 aromatic carbocycles. The van der Waals surface area contributed by atoms with Crippen LogP contribution in [0.1, 0.15) is 35.6 Å². The summed E-state index contributed by atoms with van der Waals surface area (Å²) >= 11 is 14.1. The summed E-state index contributed by atoms with van der Waals surface area (Å²) in [6, 6.07) is 4.03. The molecule has 2 aromatic rings. The second kappa shape index (κ2) is 10.1. The SMILES string of the molecule is C=N/C(=N\c1cc([C@@H]2CCN(C3CCOC3)C[C@H]2F)c(Cl)cc1C)Nc1snc(C)c1Cl. The summed E-state index contributed by atoms with van der Waals surface area (Å²) in [5, 5.41) is 4.81. The molecule has 0 spiro atoms. The van der Waals surface area contributed by atoms with Gasteiger partial charge in [-0.15, -0.1) is 0 Å². The number of nitrogens with one attached hydrogen (secondary N) is 1. The molecule has 3 atom stereocenters. The minimum absolute atomic E-state index is 0.276. The number of likely N-dealkylation sites (tertiary alicyclic amines) is 1. The van der Waals surface area contributed by atoms with Gasteiger partial charge in [-0.1, -0.05) is 23.2 Å². The Morgan fingerprint density at radius 1 is 1.34 bits per heavy atom. The van der Waals surface area contributed by atoms with E-state index in [-0.39, 0.29) is 5.92 Å². The summed E-state index contributed by atoms with van der Waals surface area (Å²) < 4.78 is 25.0. The Balaban J connectivity index is 1.56. The first-order chi connectivity index (χ1) is 15.4. The lowest BCUT2D eigenvalue weighted by Gasteiger charge is -2.38. The van der Waals surface area contributed by atoms with Gasteiger partial charge < -0.3 is 10.1 Å². The third-order valence-corrected chi connectivity index (χ3v) is 7.86. The lowest BCUT2D eigenvalue weighted by Crippen LogP contribution is -2.46. The number of aromatic nitrogens is 1. The lowest BCUT2D eigenvalue weighted by molar-refractivity contribution is 0.0729.